The average molecular weight is 613 g/mol. The third-order valence-corrected chi connectivity index (χ3v) is 8.63. The van der Waals surface area contributed by atoms with E-state index in [0.29, 0.717) is 33.0 Å². The Balaban J connectivity index is 1.44. The summed E-state index contributed by atoms with van der Waals surface area (Å²) < 4.78 is 33.4. The Labute approximate surface area is 266 Å². The minimum absolute atomic E-state index is 0.0732. The first kappa shape index (κ1) is 32.4. The van der Waals surface area contributed by atoms with Crippen LogP contribution in [0.5, 0.6) is 0 Å². The van der Waals surface area contributed by atoms with E-state index in [4.69, 9.17) is 23.7 Å². The van der Waals surface area contributed by atoms with Crippen molar-refractivity contribution in [3.63, 3.8) is 0 Å². The summed E-state index contributed by atoms with van der Waals surface area (Å²) in [5.74, 6) is 0. The molecule has 0 aliphatic carbocycles. The maximum absolute atomic E-state index is 6.89. The fourth-order valence-corrected chi connectivity index (χ4v) is 6.45. The van der Waals surface area contributed by atoms with Crippen LogP contribution in [0.25, 0.3) is 0 Å². The van der Waals surface area contributed by atoms with Crippen LogP contribution in [0.15, 0.2) is 121 Å². The van der Waals surface area contributed by atoms with Gasteiger partial charge in [-0.2, -0.15) is 0 Å². The van der Waals surface area contributed by atoms with E-state index in [-0.39, 0.29) is 22.4 Å². The summed E-state index contributed by atoms with van der Waals surface area (Å²) in [6.07, 6.45) is -1.57. The molecule has 0 radical (unpaired) electrons. The summed E-state index contributed by atoms with van der Waals surface area (Å²) in [4.78, 5) is 0. The molecule has 0 amide bonds. The van der Waals surface area contributed by atoms with Crippen LogP contribution in [-0.2, 0) is 50.1 Å². The second kappa shape index (κ2) is 16.4. The number of hydrogen-bond donors (Lipinski definition) is 0. The molecule has 1 saturated heterocycles. The lowest BCUT2D eigenvalue weighted by Gasteiger charge is -2.47. The van der Waals surface area contributed by atoms with Gasteiger partial charge in [-0.3, -0.25) is 0 Å². The molecule has 5 rings (SSSR count). The lowest BCUT2D eigenvalue weighted by Crippen LogP contribution is -2.60. The second-order valence-corrected chi connectivity index (χ2v) is 14.0. The molecule has 1 heterocycles. The fourth-order valence-electron chi connectivity index (χ4n) is 5.19. The summed E-state index contributed by atoms with van der Waals surface area (Å²) in [5.41, 5.74) is 4.11. The van der Waals surface area contributed by atoms with Crippen LogP contribution in [0.1, 0.15) is 43.0 Å². The minimum Gasteiger partial charge on any atom is -0.374 e. The van der Waals surface area contributed by atoms with Gasteiger partial charge < -0.3 is 23.7 Å². The van der Waals surface area contributed by atoms with Gasteiger partial charge in [0.05, 0.1) is 33.0 Å². The van der Waals surface area contributed by atoms with Crippen LogP contribution in [0.4, 0.5) is 0 Å². The molecular weight excluding hydrogens is 568 g/mol. The smallest absolute Gasteiger partial charge is 0.133 e. The van der Waals surface area contributed by atoms with Crippen molar-refractivity contribution in [2.75, 3.05) is 6.61 Å². The molecule has 5 unspecified atom stereocenters. The van der Waals surface area contributed by atoms with Crippen LogP contribution in [0.3, 0.4) is 0 Å². The van der Waals surface area contributed by atoms with Gasteiger partial charge >= 0.3 is 0 Å². The van der Waals surface area contributed by atoms with E-state index in [9.17, 15) is 0 Å². The van der Waals surface area contributed by atoms with E-state index in [1.807, 2.05) is 72.8 Å². The van der Waals surface area contributed by atoms with Gasteiger partial charge in [-0.25, -0.2) is 0 Å². The zero-order valence-corrected chi connectivity index (χ0v) is 26.7. The molecule has 0 bridgehead atoms. The van der Waals surface area contributed by atoms with Gasteiger partial charge in [-0.05, 0) is 22.3 Å². The number of rotatable bonds is 14. The summed E-state index contributed by atoms with van der Waals surface area (Å²) in [7, 11) is 0. The van der Waals surface area contributed by atoms with Crippen molar-refractivity contribution in [3.05, 3.63) is 144 Å². The number of hydrogen-bond acceptors (Lipinski definition) is 6. The second-order valence-electron chi connectivity index (χ2n) is 12.1. The molecule has 0 aromatic heterocycles. The van der Waals surface area contributed by atoms with Gasteiger partial charge in [0.25, 0.3) is 0 Å². The molecule has 1 fully saturated rings. The molecule has 0 saturated carbocycles. The van der Waals surface area contributed by atoms with E-state index < -0.39 is 12.2 Å². The van der Waals surface area contributed by atoms with Crippen molar-refractivity contribution in [3.8, 4) is 0 Å². The van der Waals surface area contributed by atoms with Crippen LogP contribution in [0.2, 0.25) is 0 Å². The van der Waals surface area contributed by atoms with Crippen molar-refractivity contribution in [2.45, 2.75) is 81.8 Å². The Bertz CT molecular complexity index is 1350. The van der Waals surface area contributed by atoms with E-state index in [1.54, 1.807) is 11.8 Å². The van der Waals surface area contributed by atoms with Crippen molar-refractivity contribution in [1.82, 2.24) is 0 Å². The van der Waals surface area contributed by atoms with Crippen molar-refractivity contribution in [1.29, 1.82) is 0 Å². The van der Waals surface area contributed by atoms with E-state index in [2.05, 4.69) is 69.3 Å². The number of benzene rings is 4. The highest BCUT2D eigenvalue weighted by Gasteiger charge is 2.49. The molecule has 6 heteroatoms. The quantitative estimate of drug-likeness (QED) is 0.143. The number of thioether (sulfide) groups is 1. The average Bonchev–Trinajstić information content (AvgIpc) is 3.04. The molecule has 1 aliphatic rings. The zero-order valence-electron chi connectivity index (χ0n) is 25.9. The third-order valence-electron chi connectivity index (χ3n) is 7.31. The molecular formula is C38H44O5S. The lowest BCUT2D eigenvalue weighted by atomic mass is 9.98. The highest BCUT2D eigenvalue weighted by molar-refractivity contribution is 8.01. The zero-order chi connectivity index (χ0) is 30.6. The van der Waals surface area contributed by atoms with Crippen LogP contribution < -0.4 is 0 Å². The molecule has 4 aromatic carbocycles. The van der Waals surface area contributed by atoms with Gasteiger partial charge in [0.1, 0.15) is 29.9 Å². The summed E-state index contributed by atoms with van der Waals surface area (Å²) in [5, 5.41) is 0. The minimum atomic E-state index is -0.424. The first-order valence-electron chi connectivity index (χ1n) is 15.4. The van der Waals surface area contributed by atoms with Crippen molar-refractivity contribution >= 4 is 11.8 Å². The lowest BCUT2D eigenvalue weighted by molar-refractivity contribution is -0.254. The van der Waals surface area contributed by atoms with Crippen LogP contribution in [-0.4, -0.2) is 41.2 Å². The SMILES string of the molecule is CC(C)(C)SC1OC(COCc2ccccc2)C(OCc2ccccc2)C(OCc2ccccc2)C1OCc1ccccc1. The molecule has 5 nitrogen and oxygen atoms in total. The molecule has 1 aliphatic heterocycles. The Kier molecular flexibility index (Phi) is 12.1. The van der Waals surface area contributed by atoms with Crippen molar-refractivity contribution < 1.29 is 23.7 Å². The normalized spacial score (nSPS) is 22.1. The Morgan fingerprint density at radius 3 is 1.34 bits per heavy atom. The van der Waals surface area contributed by atoms with Gasteiger partial charge in [-0.1, -0.05) is 142 Å². The maximum atomic E-state index is 6.89. The summed E-state index contributed by atoms with van der Waals surface area (Å²) in [6.45, 7) is 8.78. The topological polar surface area (TPSA) is 46.2 Å². The van der Waals surface area contributed by atoms with Gasteiger partial charge in [0.15, 0.2) is 0 Å². The van der Waals surface area contributed by atoms with Crippen LogP contribution >= 0.6 is 11.8 Å². The van der Waals surface area contributed by atoms with Gasteiger partial charge in [-0.15, -0.1) is 11.8 Å². The third kappa shape index (κ3) is 10.0. The van der Waals surface area contributed by atoms with Gasteiger partial charge in [0.2, 0.25) is 0 Å². The monoisotopic (exact) mass is 612 g/mol. The molecule has 0 spiro atoms. The van der Waals surface area contributed by atoms with Gasteiger partial charge in [0, 0.05) is 4.75 Å². The molecule has 4 aromatic rings. The molecule has 232 valence electrons. The van der Waals surface area contributed by atoms with E-state index >= 15 is 0 Å². The predicted molar refractivity (Wildman–Crippen MR) is 177 cm³/mol. The first-order chi connectivity index (χ1) is 21.4. The predicted octanol–water partition coefficient (Wildman–Crippen LogP) is 8.22. The number of ether oxygens (including phenoxy) is 5. The van der Waals surface area contributed by atoms with E-state index in [0.717, 1.165) is 22.3 Å². The first-order valence-corrected chi connectivity index (χ1v) is 16.2. The summed E-state index contributed by atoms with van der Waals surface area (Å²) >= 11 is 1.76. The molecule has 0 N–H and O–H groups in total. The van der Waals surface area contributed by atoms with Crippen LogP contribution in [0, 0.1) is 0 Å². The van der Waals surface area contributed by atoms with E-state index in [1.165, 1.54) is 0 Å². The largest absolute Gasteiger partial charge is 0.374 e. The summed E-state index contributed by atoms with van der Waals surface area (Å²) in [6, 6.07) is 40.9. The Hall–Kier alpha value is -2.97. The maximum Gasteiger partial charge on any atom is 0.133 e. The highest BCUT2D eigenvalue weighted by Crippen LogP contribution is 2.40. The Morgan fingerprint density at radius 1 is 0.523 bits per heavy atom. The fraction of sp³-hybridized carbons (Fsp3) is 0.368. The Morgan fingerprint density at radius 2 is 0.909 bits per heavy atom. The molecule has 44 heavy (non-hydrogen) atoms. The molecule has 5 atom stereocenters. The highest BCUT2D eigenvalue weighted by atomic mass is 32.2. The standard InChI is InChI=1S/C38H44O5S/c1-38(2,3)44-37-36(42-27-32-22-14-7-15-23-32)35(41-26-31-20-12-6-13-21-31)34(40-25-30-18-10-5-11-19-30)33(43-37)28-39-24-29-16-8-4-9-17-29/h4-23,33-37H,24-28H2,1-3H3. The van der Waals surface area contributed by atoms with Crippen molar-refractivity contribution in [2.24, 2.45) is 0 Å².